The molecule has 0 unspecified atom stereocenters. The molecule has 1 N–H and O–H groups in total. The van der Waals surface area contributed by atoms with E-state index in [1.807, 2.05) is 18.2 Å². The molecular weight excluding hydrogens is 351 g/mol. The molecule has 0 atom stereocenters. The van der Waals surface area contributed by atoms with E-state index < -0.39 is 0 Å². The van der Waals surface area contributed by atoms with Crippen molar-refractivity contribution < 1.29 is 4.42 Å². The molecule has 0 saturated carbocycles. The summed E-state index contributed by atoms with van der Waals surface area (Å²) in [5.41, 5.74) is 2.49. The van der Waals surface area contributed by atoms with Gasteiger partial charge in [-0.2, -0.15) is 0 Å². The SMILES string of the molecule is Ic1ccc(C=NCCc2c[nH]c3ccccc23)o1. The Kier molecular flexibility index (Phi) is 3.68. The Labute approximate surface area is 124 Å². The summed E-state index contributed by atoms with van der Waals surface area (Å²) in [4.78, 5) is 7.68. The summed E-state index contributed by atoms with van der Waals surface area (Å²) >= 11 is 2.15. The van der Waals surface area contributed by atoms with Crippen LogP contribution in [0, 0.1) is 3.77 Å². The summed E-state index contributed by atoms with van der Waals surface area (Å²) in [5, 5.41) is 1.28. The van der Waals surface area contributed by atoms with E-state index in [2.05, 4.69) is 57.0 Å². The number of hydrogen-bond donors (Lipinski definition) is 1. The van der Waals surface area contributed by atoms with Gasteiger partial charge < -0.3 is 9.40 Å². The van der Waals surface area contributed by atoms with Crippen molar-refractivity contribution >= 4 is 39.7 Å². The predicted octanol–water partition coefficient (Wildman–Crippen LogP) is 4.03. The molecule has 0 spiro atoms. The zero-order valence-electron chi connectivity index (χ0n) is 10.3. The summed E-state index contributed by atoms with van der Waals surface area (Å²) in [7, 11) is 0. The van der Waals surface area contributed by atoms with Gasteiger partial charge in [0.25, 0.3) is 0 Å². The Morgan fingerprint density at radius 3 is 2.95 bits per heavy atom. The van der Waals surface area contributed by atoms with Gasteiger partial charge in [0.15, 0.2) is 3.77 Å². The standard InChI is InChI=1S/C15H13IN2O/c16-15-6-5-12(19-15)10-17-8-7-11-9-18-14-4-2-1-3-13(11)14/h1-6,9-10,18H,7-8H2. The van der Waals surface area contributed by atoms with E-state index in [4.69, 9.17) is 4.42 Å². The minimum atomic E-state index is 0.763. The van der Waals surface area contributed by atoms with Crippen LogP contribution < -0.4 is 0 Å². The second-order valence-electron chi connectivity index (χ2n) is 4.29. The maximum Gasteiger partial charge on any atom is 0.164 e. The molecular formula is C15H13IN2O. The number of fused-ring (bicyclic) bond motifs is 1. The number of furan rings is 1. The van der Waals surface area contributed by atoms with Crippen LogP contribution >= 0.6 is 22.6 Å². The highest BCUT2D eigenvalue weighted by Crippen LogP contribution is 2.18. The summed E-state index contributed by atoms with van der Waals surface area (Å²) in [5.74, 6) is 0.809. The zero-order valence-corrected chi connectivity index (χ0v) is 12.4. The maximum absolute atomic E-state index is 5.42. The van der Waals surface area contributed by atoms with Crippen molar-refractivity contribution in [2.45, 2.75) is 6.42 Å². The molecule has 0 amide bonds. The summed E-state index contributed by atoms with van der Waals surface area (Å²) in [6, 6.07) is 12.2. The molecule has 3 rings (SSSR count). The van der Waals surface area contributed by atoms with Crippen molar-refractivity contribution in [2.75, 3.05) is 6.54 Å². The Morgan fingerprint density at radius 1 is 1.21 bits per heavy atom. The summed E-state index contributed by atoms with van der Waals surface area (Å²) < 4.78 is 6.31. The number of nitrogens with one attached hydrogen (secondary N) is 1. The number of aromatic amines is 1. The molecule has 2 aromatic heterocycles. The highest BCUT2D eigenvalue weighted by molar-refractivity contribution is 14.1. The smallest absolute Gasteiger partial charge is 0.164 e. The quantitative estimate of drug-likeness (QED) is 0.551. The van der Waals surface area contributed by atoms with Crippen LogP contribution in [0.15, 0.2) is 52.0 Å². The van der Waals surface area contributed by atoms with E-state index in [0.29, 0.717) is 0 Å². The summed E-state index contributed by atoms with van der Waals surface area (Å²) in [6.07, 6.45) is 4.78. The van der Waals surface area contributed by atoms with E-state index in [9.17, 15) is 0 Å². The Morgan fingerprint density at radius 2 is 2.11 bits per heavy atom. The Hall–Kier alpha value is -1.56. The molecule has 96 valence electrons. The molecule has 0 saturated heterocycles. The number of benzene rings is 1. The van der Waals surface area contributed by atoms with Gasteiger partial charge in [-0.05, 0) is 52.8 Å². The molecule has 0 fully saturated rings. The van der Waals surface area contributed by atoms with Crippen LogP contribution in [0.3, 0.4) is 0 Å². The molecule has 2 heterocycles. The predicted molar refractivity (Wildman–Crippen MR) is 85.9 cm³/mol. The van der Waals surface area contributed by atoms with Crippen molar-refractivity contribution in [2.24, 2.45) is 4.99 Å². The second-order valence-corrected chi connectivity index (χ2v) is 5.35. The van der Waals surface area contributed by atoms with E-state index in [1.54, 1.807) is 6.21 Å². The van der Waals surface area contributed by atoms with Crippen molar-refractivity contribution in [3.8, 4) is 0 Å². The first kappa shape index (κ1) is 12.5. The minimum Gasteiger partial charge on any atom is -0.449 e. The molecule has 0 aliphatic heterocycles. The number of halogens is 1. The molecule has 19 heavy (non-hydrogen) atoms. The number of aliphatic imine (C=N–C) groups is 1. The minimum absolute atomic E-state index is 0.763. The molecule has 1 aromatic carbocycles. The van der Waals surface area contributed by atoms with Crippen LogP contribution in [0.4, 0.5) is 0 Å². The number of hydrogen-bond acceptors (Lipinski definition) is 2. The lowest BCUT2D eigenvalue weighted by Crippen LogP contribution is -1.89. The molecule has 3 aromatic rings. The molecule has 3 nitrogen and oxygen atoms in total. The van der Waals surface area contributed by atoms with E-state index in [1.165, 1.54) is 16.5 Å². The monoisotopic (exact) mass is 364 g/mol. The zero-order chi connectivity index (χ0) is 13.1. The van der Waals surface area contributed by atoms with Gasteiger partial charge in [-0.1, -0.05) is 18.2 Å². The third-order valence-corrected chi connectivity index (χ3v) is 3.58. The van der Waals surface area contributed by atoms with Gasteiger partial charge >= 0.3 is 0 Å². The van der Waals surface area contributed by atoms with Crippen molar-refractivity contribution in [1.82, 2.24) is 4.98 Å². The first-order chi connectivity index (χ1) is 9.33. The lowest BCUT2D eigenvalue weighted by Gasteiger charge is -1.95. The first-order valence-electron chi connectivity index (χ1n) is 6.13. The number of aromatic nitrogens is 1. The largest absolute Gasteiger partial charge is 0.449 e. The fourth-order valence-electron chi connectivity index (χ4n) is 2.08. The number of rotatable bonds is 4. The lowest BCUT2D eigenvalue weighted by molar-refractivity contribution is 0.531. The molecule has 0 radical (unpaired) electrons. The maximum atomic E-state index is 5.42. The average Bonchev–Trinajstić information content (AvgIpc) is 3.02. The second kappa shape index (κ2) is 5.61. The van der Waals surface area contributed by atoms with Crippen molar-refractivity contribution in [1.29, 1.82) is 0 Å². The third kappa shape index (κ3) is 2.89. The van der Waals surface area contributed by atoms with Gasteiger partial charge in [-0.25, -0.2) is 0 Å². The van der Waals surface area contributed by atoms with E-state index in [-0.39, 0.29) is 0 Å². The highest BCUT2D eigenvalue weighted by atomic mass is 127. The normalized spacial score (nSPS) is 11.6. The van der Waals surface area contributed by atoms with Crippen LogP contribution in [0.25, 0.3) is 10.9 Å². The third-order valence-electron chi connectivity index (χ3n) is 3.00. The summed E-state index contributed by atoms with van der Waals surface area (Å²) in [6.45, 7) is 0.763. The van der Waals surface area contributed by atoms with E-state index >= 15 is 0 Å². The number of H-pyrrole nitrogens is 1. The van der Waals surface area contributed by atoms with Gasteiger partial charge in [0.05, 0.1) is 6.21 Å². The van der Waals surface area contributed by atoms with Crippen LogP contribution in [0.1, 0.15) is 11.3 Å². The van der Waals surface area contributed by atoms with Gasteiger partial charge in [-0.15, -0.1) is 0 Å². The molecule has 4 heteroatoms. The molecule has 0 aliphatic carbocycles. The molecule has 0 aliphatic rings. The first-order valence-corrected chi connectivity index (χ1v) is 7.21. The fraction of sp³-hybridized carbons (Fsp3) is 0.133. The van der Waals surface area contributed by atoms with Crippen molar-refractivity contribution in [3.63, 3.8) is 0 Å². The van der Waals surface area contributed by atoms with Gasteiger partial charge in [0, 0.05) is 23.6 Å². The fourth-order valence-corrected chi connectivity index (χ4v) is 2.51. The van der Waals surface area contributed by atoms with Crippen LogP contribution in [-0.4, -0.2) is 17.7 Å². The van der Waals surface area contributed by atoms with Crippen LogP contribution in [0.5, 0.6) is 0 Å². The van der Waals surface area contributed by atoms with Crippen LogP contribution in [-0.2, 0) is 6.42 Å². The molecule has 0 bridgehead atoms. The lowest BCUT2D eigenvalue weighted by atomic mass is 10.1. The van der Waals surface area contributed by atoms with Crippen LogP contribution in [0.2, 0.25) is 0 Å². The number of para-hydroxylation sites is 1. The number of nitrogens with zero attached hydrogens (tertiary/aromatic N) is 1. The van der Waals surface area contributed by atoms with Gasteiger partial charge in [0.2, 0.25) is 0 Å². The highest BCUT2D eigenvalue weighted by Gasteiger charge is 2.01. The van der Waals surface area contributed by atoms with Gasteiger partial charge in [0.1, 0.15) is 5.76 Å². The average molecular weight is 364 g/mol. The Bertz CT molecular complexity index is 712. The van der Waals surface area contributed by atoms with Gasteiger partial charge in [-0.3, -0.25) is 4.99 Å². The van der Waals surface area contributed by atoms with Crippen molar-refractivity contribution in [3.05, 3.63) is 57.7 Å². The topological polar surface area (TPSA) is 41.3 Å². The van der Waals surface area contributed by atoms with E-state index in [0.717, 1.165) is 22.5 Å². The Balaban J connectivity index is 1.65.